The monoisotopic (exact) mass is 258 g/mol. The minimum absolute atomic E-state index is 0.0150. The number of nitrogens with one attached hydrogen (secondary N) is 1. The summed E-state index contributed by atoms with van der Waals surface area (Å²) in [6, 6.07) is 4.31. The molecule has 0 saturated carbocycles. The van der Waals surface area contributed by atoms with E-state index in [1.165, 1.54) is 22.3 Å². The molecule has 4 heteroatoms. The number of aryl methyl sites for hydroxylation is 3. The molecular weight excluding hydrogens is 240 g/mol. The summed E-state index contributed by atoms with van der Waals surface area (Å²) in [5.74, 6) is -0.0378. The number of benzene rings is 1. The minimum atomic E-state index is -0.849. The van der Waals surface area contributed by atoms with E-state index >= 15 is 0 Å². The standard InChI is InChI=1S/C15H18N2O2/c1-9-4-10(2)13(11(3)5-9)7-14-16-8-12(17-14)6-15(18)19/h4-5,8H,6-7H2,1-3H3,(H,16,17)(H,18,19). The molecule has 0 unspecified atom stereocenters. The molecule has 2 aromatic rings. The Balaban J connectivity index is 2.22. The van der Waals surface area contributed by atoms with Gasteiger partial charge in [-0.05, 0) is 37.5 Å². The number of hydrogen-bond donors (Lipinski definition) is 2. The molecule has 2 N–H and O–H groups in total. The van der Waals surface area contributed by atoms with E-state index in [0.29, 0.717) is 12.1 Å². The number of H-pyrrole nitrogens is 1. The van der Waals surface area contributed by atoms with E-state index in [2.05, 4.69) is 42.9 Å². The second-order valence-corrected chi connectivity index (χ2v) is 4.98. The fourth-order valence-corrected chi connectivity index (χ4v) is 2.40. The van der Waals surface area contributed by atoms with E-state index in [4.69, 9.17) is 5.11 Å². The average Bonchev–Trinajstić information content (AvgIpc) is 2.70. The first kappa shape index (κ1) is 13.3. The van der Waals surface area contributed by atoms with Gasteiger partial charge in [0.15, 0.2) is 0 Å². The van der Waals surface area contributed by atoms with Crippen molar-refractivity contribution < 1.29 is 9.90 Å². The van der Waals surface area contributed by atoms with Gasteiger partial charge in [0.05, 0.1) is 6.42 Å². The van der Waals surface area contributed by atoms with Crippen LogP contribution in [0.25, 0.3) is 0 Å². The van der Waals surface area contributed by atoms with E-state index < -0.39 is 5.97 Å². The lowest BCUT2D eigenvalue weighted by Crippen LogP contribution is -2.01. The third-order valence-corrected chi connectivity index (χ3v) is 3.21. The van der Waals surface area contributed by atoms with Crippen LogP contribution in [0.2, 0.25) is 0 Å². The molecule has 4 nitrogen and oxygen atoms in total. The van der Waals surface area contributed by atoms with Gasteiger partial charge in [-0.25, -0.2) is 4.98 Å². The van der Waals surface area contributed by atoms with Gasteiger partial charge in [-0.1, -0.05) is 17.7 Å². The van der Waals surface area contributed by atoms with Crippen LogP contribution in [-0.4, -0.2) is 21.0 Å². The van der Waals surface area contributed by atoms with Gasteiger partial charge in [0.2, 0.25) is 0 Å². The zero-order valence-electron chi connectivity index (χ0n) is 11.4. The lowest BCUT2D eigenvalue weighted by molar-refractivity contribution is -0.136. The predicted molar refractivity (Wildman–Crippen MR) is 73.4 cm³/mol. The summed E-state index contributed by atoms with van der Waals surface area (Å²) in [6.07, 6.45) is 2.29. The third kappa shape index (κ3) is 3.22. The Kier molecular flexibility index (Phi) is 3.69. The first-order valence-electron chi connectivity index (χ1n) is 6.27. The lowest BCUT2D eigenvalue weighted by atomic mass is 9.97. The van der Waals surface area contributed by atoms with Gasteiger partial charge in [0.1, 0.15) is 5.82 Å². The van der Waals surface area contributed by atoms with Crippen LogP contribution in [0.1, 0.15) is 33.8 Å². The van der Waals surface area contributed by atoms with Crippen molar-refractivity contribution in [1.82, 2.24) is 9.97 Å². The smallest absolute Gasteiger partial charge is 0.309 e. The van der Waals surface area contributed by atoms with Crippen LogP contribution in [0.5, 0.6) is 0 Å². The Hall–Kier alpha value is -2.10. The molecule has 19 heavy (non-hydrogen) atoms. The molecule has 0 fully saturated rings. The van der Waals surface area contributed by atoms with Crippen molar-refractivity contribution >= 4 is 5.97 Å². The number of hydrogen-bond acceptors (Lipinski definition) is 2. The topological polar surface area (TPSA) is 66.0 Å². The number of carboxylic acid groups (broad SMARTS) is 1. The second-order valence-electron chi connectivity index (χ2n) is 4.98. The van der Waals surface area contributed by atoms with Crippen molar-refractivity contribution in [2.75, 3.05) is 0 Å². The summed E-state index contributed by atoms with van der Waals surface area (Å²) in [4.78, 5) is 18.0. The highest BCUT2D eigenvalue weighted by molar-refractivity contribution is 5.69. The van der Waals surface area contributed by atoms with Crippen LogP contribution in [0.4, 0.5) is 0 Å². The number of carboxylic acids is 1. The number of aliphatic carboxylic acids is 1. The Morgan fingerprint density at radius 2 is 1.89 bits per heavy atom. The van der Waals surface area contributed by atoms with Gasteiger partial charge in [-0.2, -0.15) is 0 Å². The molecule has 100 valence electrons. The molecule has 1 heterocycles. The van der Waals surface area contributed by atoms with Crippen LogP contribution < -0.4 is 0 Å². The molecule has 0 radical (unpaired) electrons. The van der Waals surface area contributed by atoms with Crippen LogP contribution in [0.3, 0.4) is 0 Å². The summed E-state index contributed by atoms with van der Waals surface area (Å²) in [7, 11) is 0. The van der Waals surface area contributed by atoms with E-state index in [1.54, 1.807) is 6.20 Å². The van der Waals surface area contributed by atoms with E-state index in [0.717, 1.165) is 5.82 Å². The van der Waals surface area contributed by atoms with Crippen molar-refractivity contribution in [1.29, 1.82) is 0 Å². The first-order valence-corrected chi connectivity index (χ1v) is 6.27. The summed E-state index contributed by atoms with van der Waals surface area (Å²) in [5, 5.41) is 8.74. The maximum absolute atomic E-state index is 10.6. The number of nitrogens with zero attached hydrogens (tertiary/aromatic N) is 1. The zero-order valence-corrected chi connectivity index (χ0v) is 11.4. The van der Waals surface area contributed by atoms with E-state index in [9.17, 15) is 4.79 Å². The number of aromatic nitrogens is 2. The predicted octanol–water partition coefficient (Wildman–Crippen LogP) is 2.55. The summed E-state index contributed by atoms with van der Waals surface area (Å²) < 4.78 is 0. The minimum Gasteiger partial charge on any atom is -0.481 e. The fraction of sp³-hybridized carbons (Fsp3) is 0.333. The lowest BCUT2D eigenvalue weighted by Gasteiger charge is -2.09. The highest BCUT2D eigenvalue weighted by Crippen LogP contribution is 2.19. The molecule has 1 aromatic heterocycles. The van der Waals surface area contributed by atoms with Crippen LogP contribution >= 0.6 is 0 Å². The zero-order chi connectivity index (χ0) is 14.0. The fourth-order valence-electron chi connectivity index (χ4n) is 2.40. The highest BCUT2D eigenvalue weighted by Gasteiger charge is 2.09. The molecule has 0 aliphatic heterocycles. The van der Waals surface area contributed by atoms with Gasteiger partial charge >= 0.3 is 5.97 Å². The Morgan fingerprint density at radius 3 is 2.47 bits per heavy atom. The van der Waals surface area contributed by atoms with Crippen molar-refractivity contribution in [3.63, 3.8) is 0 Å². The van der Waals surface area contributed by atoms with Crippen LogP contribution in [0, 0.1) is 20.8 Å². The Bertz CT molecular complexity index is 591. The van der Waals surface area contributed by atoms with Crippen molar-refractivity contribution in [2.45, 2.75) is 33.6 Å². The molecule has 2 rings (SSSR count). The maximum atomic E-state index is 10.6. The second kappa shape index (κ2) is 5.26. The van der Waals surface area contributed by atoms with E-state index in [1.807, 2.05) is 0 Å². The van der Waals surface area contributed by atoms with Crippen molar-refractivity contribution in [3.8, 4) is 0 Å². The molecule has 0 atom stereocenters. The normalized spacial score (nSPS) is 10.7. The summed E-state index contributed by atoms with van der Waals surface area (Å²) >= 11 is 0. The number of rotatable bonds is 4. The summed E-state index contributed by atoms with van der Waals surface area (Å²) in [5.41, 5.74) is 5.64. The summed E-state index contributed by atoms with van der Waals surface area (Å²) in [6.45, 7) is 6.27. The molecular formula is C15H18N2O2. The molecule has 0 amide bonds. The SMILES string of the molecule is Cc1cc(C)c(Cc2ncc(CC(=O)O)[nH]2)c(C)c1. The third-order valence-electron chi connectivity index (χ3n) is 3.21. The molecule has 0 aliphatic rings. The van der Waals surface area contributed by atoms with Gasteiger partial charge in [-0.3, -0.25) is 4.79 Å². The number of carbonyl (C=O) groups is 1. The average molecular weight is 258 g/mol. The van der Waals surface area contributed by atoms with Gasteiger partial charge in [0.25, 0.3) is 0 Å². The quantitative estimate of drug-likeness (QED) is 0.885. The van der Waals surface area contributed by atoms with Crippen molar-refractivity contribution in [3.05, 3.63) is 52.1 Å². The highest BCUT2D eigenvalue weighted by atomic mass is 16.4. The molecule has 0 aliphatic carbocycles. The van der Waals surface area contributed by atoms with Crippen LogP contribution in [-0.2, 0) is 17.6 Å². The first-order chi connectivity index (χ1) is 8.95. The largest absolute Gasteiger partial charge is 0.481 e. The maximum Gasteiger partial charge on any atom is 0.309 e. The molecule has 1 aromatic carbocycles. The molecule has 0 saturated heterocycles. The molecule has 0 bridgehead atoms. The Labute approximate surface area is 112 Å². The number of aromatic amines is 1. The van der Waals surface area contributed by atoms with Crippen molar-refractivity contribution in [2.24, 2.45) is 0 Å². The van der Waals surface area contributed by atoms with Gasteiger partial charge < -0.3 is 10.1 Å². The Morgan fingerprint density at radius 1 is 1.26 bits per heavy atom. The molecule has 0 spiro atoms. The van der Waals surface area contributed by atoms with Gasteiger partial charge in [0, 0.05) is 18.3 Å². The van der Waals surface area contributed by atoms with Gasteiger partial charge in [-0.15, -0.1) is 0 Å². The van der Waals surface area contributed by atoms with Crippen LogP contribution in [0.15, 0.2) is 18.3 Å². The van der Waals surface area contributed by atoms with E-state index in [-0.39, 0.29) is 6.42 Å². The number of imidazole rings is 1.